The summed E-state index contributed by atoms with van der Waals surface area (Å²) in [5.74, 6) is 0. The predicted molar refractivity (Wildman–Crippen MR) is 106 cm³/mol. The molecule has 0 amide bonds. The first-order valence-electron chi connectivity index (χ1n) is 7.04. The van der Waals surface area contributed by atoms with Gasteiger partial charge in [0.1, 0.15) is 0 Å². The molecular weight excluding hydrogens is 327 g/mol. The maximum Gasteiger partial charge on any atom is 0.0709 e. The second kappa shape index (κ2) is 8.56. The van der Waals surface area contributed by atoms with Crippen LogP contribution in [-0.4, -0.2) is 19.1 Å². The van der Waals surface area contributed by atoms with Gasteiger partial charge in [0.15, 0.2) is 0 Å². The molecule has 0 spiro atoms. The van der Waals surface area contributed by atoms with E-state index in [1.165, 1.54) is 16.6 Å². The van der Waals surface area contributed by atoms with E-state index in [9.17, 15) is 0 Å². The molecule has 0 saturated heterocycles. The van der Waals surface area contributed by atoms with Gasteiger partial charge in [-0.2, -0.15) is 0 Å². The Balaban J connectivity index is 0.00000132. The van der Waals surface area contributed by atoms with E-state index >= 15 is 0 Å². The van der Waals surface area contributed by atoms with Gasteiger partial charge < -0.3 is 4.90 Å². The van der Waals surface area contributed by atoms with Crippen molar-refractivity contribution in [1.82, 2.24) is 4.98 Å². The van der Waals surface area contributed by atoms with Gasteiger partial charge in [-0.15, -0.1) is 24.8 Å². The average molecular weight is 347 g/mol. The van der Waals surface area contributed by atoms with Crippen LogP contribution in [0.1, 0.15) is 11.3 Å². The largest absolute Gasteiger partial charge is 0.378 e. The Morgan fingerprint density at radius 3 is 2.17 bits per heavy atom. The molecule has 23 heavy (non-hydrogen) atoms. The molecule has 0 unspecified atom stereocenters. The topological polar surface area (TPSA) is 16.1 Å². The molecule has 0 aliphatic heterocycles. The minimum absolute atomic E-state index is 0. The Morgan fingerprint density at radius 2 is 1.48 bits per heavy atom. The lowest BCUT2D eigenvalue weighted by molar-refractivity contribution is 1.13. The molecule has 0 aliphatic carbocycles. The van der Waals surface area contributed by atoms with Crippen molar-refractivity contribution in [2.24, 2.45) is 0 Å². The summed E-state index contributed by atoms with van der Waals surface area (Å²) in [6, 6.07) is 20.8. The highest BCUT2D eigenvalue weighted by atomic mass is 35.5. The zero-order valence-electron chi connectivity index (χ0n) is 13.1. The van der Waals surface area contributed by atoms with Gasteiger partial charge in [-0.3, -0.25) is 0 Å². The molecule has 4 heteroatoms. The highest BCUT2D eigenvalue weighted by Gasteiger charge is 1.96. The number of anilines is 1. The van der Waals surface area contributed by atoms with Crippen LogP contribution in [0, 0.1) is 0 Å². The normalized spacial score (nSPS) is 10.2. The van der Waals surface area contributed by atoms with Crippen molar-refractivity contribution in [2.75, 3.05) is 19.0 Å². The number of nitrogens with zero attached hydrogens (tertiary/aromatic N) is 2. The number of rotatable bonds is 3. The lowest BCUT2D eigenvalue weighted by Gasteiger charge is -2.11. The Hall–Kier alpha value is -2.03. The smallest absolute Gasteiger partial charge is 0.0709 e. The number of benzene rings is 2. The Labute approximate surface area is 149 Å². The van der Waals surface area contributed by atoms with Crippen molar-refractivity contribution < 1.29 is 0 Å². The monoisotopic (exact) mass is 346 g/mol. The summed E-state index contributed by atoms with van der Waals surface area (Å²) in [5.41, 5.74) is 4.39. The second-order valence-corrected chi connectivity index (χ2v) is 5.25. The number of para-hydroxylation sites is 1. The first-order chi connectivity index (χ1) is 10.2. The summed E-state index contributed by atoms with van der Waals surface area (Å²) >= 11 is 0. The lowest BCUT2D eigenvalue weighted by atomic mass is 10.1. The summed E-state index contributed by atoms with van der Waals surface area (Å²) < 4.78 is 0. The fraction of sp³-hybridized carbons (Fsp3) is 0.105. The summed E-state index contributed by atoms with van der Waals surface area (Å²) in [7, 11) is 4.09. The van der Waals surface area contributed by atoms with E-state index in [2.05, 4.69) is 58.4 Å². The molecule has 3 aromatic rings. The molecule has 0 bridgehead atoms. The molecule has 0 aliphatic rings. The van der Waals surface area contributed by atoms with Gasteiger partial charge in [-0.25, -0.2) is 4.98 Å². The summed E-state index contributed by atoms with van der Waals surface area (Å²) in [6.45, 7) is 0. The quantitative estimate of drug-likeness (QED) is 0.638. The maximum atomic E-state index is 4.64. The van der Waals surface area contributed by atoms with Crippen LogP contribution in [0.3, 0.4) is 0 Å². The molecule has 0 saturated carbocycles. The summed E-state index contributed by atoms with van der Waals surface area (Å²) in [5, 5.41) is 1.17. The molecule has 2 nitrogen and oxygen atoms in total. The maximum absolute atomic E-state index is 4.64. The van der Waals surface area contributed by atoms with E-state index in [4.69, 9.17) is 0 Å². The van der Waals surface area contributed by atoms with Crippen LogP contribution < -0.4 is 4.90 Å². The molecule has 1 aromatic heterocycles. The van der Waals surface area contributed by atoms with Crippen LogP contribution in [0.2, 0.25) is 0 Å². The fourth-order valence-corrected chi connectivity index (χ4v) is 2.24. The minimum atomic E-state index is 0. The Kier molecular flexibility index (Phi) is 7.08. The van der Waals surface area contributed by atoms with Crippen molar-refractivity contribution in [3.8, 4) is 0 Å². The minimum Gasteiger partial charge on any atom is -0.378 e. The van der Waals surface area contributed by atoms with Crippen LogP contribution in [0.15, 0.2) is 60.7 Å². The van der Waals surface area contributed by atoms with E-state index in [1.54, 1.807) is 0 Å². The Bertz CT molecular complexity index is 781. The molecule has 3 rings (SSSR count). The van der Waals surface area contributed by atoms with E-state index in [0.29, 0.717) is 0 Å². The van der Waals surface area contributed by atoms with Gasteiger partial charge in [0.2, 0.25) is 0 Å². The second-order valence-electron chi connectivity index (χ2n) is 5.25. The third-order valence-corrected chi connectivity index (χ3v) is 3.48. The van der Waals surface area contributed by atoms with Gasteiger partial charge in [0.05, 0.1) is 11.2 Å². The van der Waals surface area contributed by atoms with Crippen molar-refractivity contribution in [2.45, 2.75) is 0 Å². The fourth-order valence-electron chi connectivity index (χ4n) is 2.24. The number of hydrogen-bond donors (Lipinski definition) is 0. The number of pyridine rings is 1. The van der Waals surface area contributed by atoms with Crippen LogP contribution in [0.4, 0.5) is 5.69 Å². The van der Waals surface area contributed by atoms with Gasteiger partial charge in [0, 0.05) is 25.2 Å². The molecule has 0 atom stereocenters. The SMILES string of the molecule is CN(C)c1ccc(/C=C/c2ccc3ccccc3n2)cc1.Cl.Cl. The van der Waals surface area contributed by atoms with Gasteiger partial charge >= 0.3 is 0 Å². The lowest BCUT2D eigenvalue weighted by Crippen LogP contribution is -2.07. The van der Waals surface area contributed by atoms with Gasteiger partial charge in [-0.1, -0.05) is 42.5 Å². The number of halogens is 2. The average Bonchev–Trinajstić information content (AvgIpc) is 2.53. The number of aromatic nitrogens is 1. The van der Waals surface area contributed by atoms with Crippen LogP contribution in [-0.2, 0) is 0 Å². The molecule has 1 heterocycles. The van der Waals surface area contributed by atoms with E-state index in [0.717, 1.165) is 11.2 Å². The standard InChI is InChI=1S/C19H18N2.2ClH/c1-21(2)18-13-8-15(9-14-18)7-11-17-12-10-16-5-3-4-6-19(16)20-17;;/h3-14H,1-2H3;2*1H/b11-7+;;. The Morgan fingerprint density at radius 1 is 0.783 bits per heavy atom. The van der Waals surface area contributed by atoms with Gasteiger partial charge in [0.25, 0.3) is 0 Å². The van der Waals surface area contributed by atoms with Crippen molar-refractivity contribution in [1.29, 1.82) is 0 Å². The summed E-state index contributed by atoms with van der Waals surface area (Å²) in [6.07, 6.45) is 4.15. The molecule has 0 N–H and O–H groups in total. The third-order valence-electron chi connectivity index (χ3n) is 3.48. The molecule has 0 radical (unpaired) electrons. The third kappa shape index (κ3) is 4.72. The zero-order chi connectivity index (χ0) is 14.7. The molecule has 2 aromatic carbocycles. The van der Waals surface area contributed by atoms with E-state index in [1.807, 2.05) is 38.4 Å². The van der Waals surface area contributed by atoms with Gasteiger partial charge in [-0.05, 0) is 35.9 Å². The first-order valence-corrected chi connectivity index (χ1v) is 7.04. The van der Waals surface area contributed by atoms with Crippen LogP contribution in [0.25, 0.3) is 23.1 Å². The van der Waals surface area contributed by atoms with Crippen molar-refractivity contribution >= 4 is 53.6 Å². The molecular formula is C19H20Cl2N2. The highest BCUT2D eigenvalue weighted by molar-refractivity contribution is 5.85. The molecule has 0 fully saturated rings. The van der Waals surface area contributed by atoms with Crippen molar-refractivity contribution in [3.05, 3.63) is 71.9 Å². The van der Waals surface area contributed by atoms with Crippen LogP contribution in [0.5, 0.6) is 0 Å². The van der Waals surface area contributed by atoms with E-state index in [-0.39, 0.29) is 24.8 Å². The number of hydrogen-bond acceptors (Lipinski definition) is 2. The molecule has 120 valence electrons. The van der Waals surface area contributed by atoms with Crippen molar-refractivity contribution in [3.63, 3.8) is 0 Å². The van der Waals surface area contributed by atoms with Crippen LogP contribution >= 0.6 is 24.8 Å². The zero-order valence-corrected chi connectivity index (χ0v) is 14.8. The highest BCUT2D eigenvalue weighted by Crippen LogP contribution is 2.16. The predicted octanol–water partition coefficient (Wildman–Crippen LogP) is 5.31. The first kappa shape index (κ1) is 19.0. The summed E-state index contributed by atoms with van der Waals surface area (Å²) in [4.78, 5) is 6.74. The van der Waals surface area contributed by atoms with E-state index < -0.39 is 0 Å². The number of fused-ring (bicyclic) bond motifs is 1.